The molecule has 1 rings (SSSR count). The molecule has 0 radical (unpaired) electrons. The van der Waals surface area contributed by atoms with Crippen molar-refractivity contribution >= 4 is 33.2 Å². The maximum Gasteiger partial charge on any atom is 2.00 e. The normalized spacial score (nSPS) is 11.1. The molecule has 1 aromatic carbocycles. The Labute approximate surface area is 104 Å². The number of benzene rings is 1. The molecule has 0 fully saturated rings. The molecule has 76 valence electrons. The maximum absolute atomic E-state index is 11.4. The quantitative estimate of drug-likeness (QED) is 0.581. The molecule has 0 spiro atoms. The Balaban J connectivity index is -0.000000563. The van der Waals surface area contributed by atoms with Crippen LogP contribution >= 0.6 is 0 Å². The molecular formula is C9H14MgO3S. The van der Waals surface area contributed by atoms with E-state index in [1.54, 1.807) is 32.0 Å². The van der Waals surface area contributed by atoms with Crippen LogP contribution in [-0.4, -0.2) is 37.6 Å². The summed E-state index contributed by atoms with van der Waals surface area (Å²) >= 11 is 0. The van der Waals surface area contributed by atoms with Gasteiger partial charge in [0.15, 0.2) is 0 Å². The first kappa shape index (κ1) is 13.9. The smallest absolute Gasteiger partial charge is 1.00 e. The van der Waals surface area contributed by atoms with Gasteiger partial charge < -0.3 is 2.85 Å². The van der Waals surface area contributed by atoms with E-state index in [0.29, 0.717) is 0 Å². The minimum absolute atomic E-state index is 0. The zero-order chi connectivity index (χ0) is 9.90. The van der Waals surface area contributed by atoms with Crippen LogP contribution in [-0.2, 0) is 14.3 Å². The summed E-state index contributed by atoms with van der Waals surface area (Å²) in [7, 11) is -3.56. The molecule has 5 heteroatoms. The summed E-state index contributed by atoms with van der Waals surface area (Å²) in [6.07, 6.45) is -0.329. The Morgan fingerprint density at radius 1 is 1.21 bits per heavy atom. The van der Waals surface area contributed by atoms with Crippen LogP contribution in [0.1, 0.15) is 16.7 Å². The van der Waals surface area contributed by atoms with Gasteiger partial charge in [-0.15, -0.1) is 0 Å². The van der Waals surface area contributed by atoms with Crippen molar-refractivity contribution in [1.82, 2.24) is 0 Å². The van der Waals surface area contributed by atoms with Crippen molar-refractivity contribution in [2.75, 3.05) is 0 Å². The molecule has 0 saturated carbocycles. The average Bonchev–Trinajstić information content (AvgIpc) is 2.04. The van der Waals surface area contributed by atoms with Gasteiger partial charge in [-0.05, 0) is 26.0 Å². The standard InChI is InChI=1S/C9H12O3S.Mg.2H/c1-8(2)12-13(10,11)9-6-4-3-5-7-9;;;/h3-8H,1-2H3;;;/q;+2;2*-1. The van der Waals surface area contributed by atoms with E-state index in [2.05, 4.69) is 0 Å². The van der Waals surface area contributed by atoms with Crippen molar-refractivity contribution in [2.24, 2.45) is 0 Å². The second-order valence-electron chi connectivity index (χ2n) is 2.91. The molecule has 0 N–H and O–H groups in total. The monoisotopic (exact) mass is 226 g/mol. The molecule has 0 aliphatic carbocycles. The maximum atomic E-state index is 11.4. The van der Waals surface area contributed by atoms with Crippen molar-refractivity contribution in [2.45, 2.75) is 24.8 Å². The van der Waals surface area contributed by atoms with Crippen LogP contribution < -0.4 is 0 Å². The summed E-state index contributed by atoms with van der Waals surface area (Å²) in [6.45, 7) is 3.36. The molecule has 0 saturated heterocycles. The Kier molecular flexibility index (Phi) is 5.66. The molecule has 3 nitrogen and oxygen atoms in total. The van der Waals surface area contributed by atoms with Crippen LogP contribution in [0.3, 0.4) is 0 Å². The molecular weight excluding hydrogens is 212 g/mol. The minimum atomic E-state index is -3.56. The molecule has 0 amide bonds. The van der Waals surface area contributed by atoms with Gasteiger partial charge >= 0.3 is 23.1 Å². The van der Waals surface area contributed by atoms with E-state index in [9.17, 15) is 8.42 Å². The Morgan fingerprint density at radius 2 is 1.71 bits per heavy atom. The van der Waals surface area contributed by atoms with Gasteiger partial charge in [-0.3, -0.25) is 4.18 Å². The molecule has 0 unspecified atom stereocenters. The van der Waals surface area contributed by atoms with Crippen molar-refractivity contribution in [3.8, 4) is 0 Å². The molecule has 14 heavy (non-hydrogen) atoms. The van der Waals surface area contributed by atoms with Gasteiger partial charge in [0, 0.05) is 0 Å². The summed E-state index contributed by atoms with van der Waals surface area (Å²) < 4.78 is 27.6. The van der Waals surface area contributed by atoms with E-state index in [1.807, 2.05) is 0 Å². The zero-order valence-electron chi connectivity index (χ0n) is 10.3. The summed E-state index contributed by atoms with van der Waals surface area (Å²) in [6, 6.07) is 8.11. The summed E-state index contributed by atoms with van der Waals surface area (Å²) in [5, 5.41) is 0. The van der Waals surface area contributed by atoms with Crippen molar-refractivity contribution < 1.29 is 15.5 Å². The molecule has 0 aromatic heterocycles. The molecule has 0 heterocycles. The Hall–Kier alpha value is -0.104. The van der Waals surface area contributed by atoms with Gasteiger partial charge in [0.05, 0.1) is 11.0 Å². The molecule has 0 atom stereocenters. The fourth-order valence-electron chi connectivity index (χ4n) is 0.896. The number of hydrogen-bond acceptors (Lipinski definition) is 3. The van der Waals surface area contributed by atoms with E-state index in [-0.39, 0.29) is 36.9 Å². The van der Waals surface area contributed by atoms with Crippen LogP contribution in [0.25, 0.3) is 0 Å². The van der Waals surface area contributed by atoms with Crippen LogP contribution in [0.2, 0.25) is 0 Å². The van der Waals surface area contributed by atoms with E-state index in [4.69, 9.17) is 4.18 Å². The van der Waals surface area contributed by atoms with Crippen molar-refractivity contribution in [3.63, 3.8) is 0 Å². The van der Waals surface area contributed by atoms with Crippen molar-refractivity contribution in [3.05, 3.63) is 30.3 Å². The Morgan fingerprint density at radius 3 is 2.14 bits per heavy atom. The fourth-order valence-corrected chi connectivity index (χ4v) is 2.00. The van der Waals surface area contributed by atoms with E-state index >= 15 is 0 Å². The minimum Gasteiger partial charge on any atom is -1.00 e. The van der Waals surface area contributed by atoms with Gasteiger partial charge in [0.25, 0.3) is 10.1 Å². The summed E-state index contributed by atoms with van der Waals surface area (Å²) in [5.74, 6) is 0. The van der Waals surface area contributed by atoms with Crippen molar-refractivity contribution in [1.29, 1.82) is 0 Å². The third kappa shape index (κ3) is 3.96. The molecule has 0 aliphatic heterocycles. The first-order chi connectivity index (χ1) is 6.02. The van der Waals surface area contributed by atoms with Gasteiger partial charge in [0.2, 0.25) is 0 Å². The predicted octanol–water partition coefficient (Wildman–Crippen LogP) is 1.64. The fraction of sp³-hybridized carbons (Fsp3) is 0.333. The van der Waals surface area contributed by atoms with Crippen LogP contribution in [0.4, 0.5) is 0 Å². The first-order valence-corrected chi connectivity index (χ1v) is 5.41. The van der Waals surface area contributed by atoms with E-state index < -0.39 is 10.1 Å². The van der Waals surface area contributed by atoms with E-state index in [0.717, 1.165) is 0 Å². The van der Waals surface area contributed by atoms with Gasteiger partial charge in [-0.25, -0.2) is 0 Å². The van der Waals surface area contributed by atoms with E-state index in [1.165, 1.54) is 12.1 Å². The first-order valence-electron chi connectivity index (χ1n) is 4.01. The zero-order valence-corrected chi connectivity index (χ0v) is 10.5. The number of rotatable bonds is 3. The average molecular weight is 227 g/mol. The number of hydrogen-bond donors (Lipinski definition) is 0. The third-order valence-corrected chi connectivity index (χ3v) is 2.84. The van der Waals surface area contributed by atoms with Crippen LogP contribution in [0.5, 0.6) is 0 Å². The SMILES string of the molecule is CC(C)OS(=O)(=O)c1ccccc1.[H-].[H-].[Mg+2]. The largest absolute Gasteiger partial charge is 2.00 e. The summed E-state index contributed by atoms with van der Waals surface area (Å²) in [4.78, 5) is 0.198. The second-order valence-corrected chi connectivity index (χ2v) is 4.48. The van der Waals surface area contributed by atoms with Gasteiger partial charge in [-0.1, -0.05) is 18.2 Å². The third-order valence-electron chi connectivity index (χ3n) is 1.35. The molecule has 1 aromatic rings. The van der Waals surface area contributed by atoms with Gasteiger partial charge in [0.1, 0.15) is 0 Å². The van der Waals surface area contributed by atoms with Crippen LogP contribution in [0.15, 0.2) is 35.2 Å². The predicted molar refractivity (Wildman–Crippen MR) is 57.8 cm³/mol. The van der Waals surface area contributed by atoms with Gasteiger partial charge in [-0.2, -0.15) is 8.42 Å². The topological polar surface area (TPSA) is 43.4 Å². The molecule has 0 bridgehead atoms. The molecule has 0 aliphatic rings. The van der Waals surface area contributed by atoms with Crippen LogP contribution in [0, 0.1) is 0 Å². The Bertz CT molecular complexity index is 368. The summed E-state index contributed by atoms with van der Waals surface area (Å²) in [5.41, 5.74) is 0. The second kappa shape index (κ2) is 5.70.